The van der Waals surface area contributed by atoms with Gasteiger partial charge >= 0.3 is 6.18 Å². The SMILES string of the molecule is CC[C@@H](C(=O)NC(C)(C)C)N(Cc1ccc(C)cc1)C(=O)CN(c1ccc(Cl)c(C(F)(F)F)c1)S(=O)(=O)c1ccccc1. The van der Waals surface area contributed by atoms with Crippen molar-refractivity contribution in [1.82, 2.24) is 10.2 Å². The highest BCUT2D eigenvalue weighted by atomic mass is 35.5. The molecule has 0 saturated carbocycles. The molecule has 7 nitrogen and oxygen atoms in total. The van der Waals surface area contributed by atoms with E-state index >= 15 is 0 Å². The minimum absolute atomic E-state index is 0.0389. The number of nitrogens with one attached hydrogen (secondary N) is 1. The molecule has 3 rings (SSSR count). The Morgan fingerprint density at radius 1 is 0.953 bits per heavy atom. The van der Waals surface area contributed by atoms with E-state index in [9.17, 15) is 31.2 Å². The van der Waals surface area contributed by atoms with Crippen molar-refractivity contribution in [3.05, 3.63) is 94.5 Å². The van der Waals surface area contributed by atoms with Crippen molar-refractivity contribution in [3.8, 4) is 0 Å². The van der Waals surface area contributed by atoms with Gasteiger partial charge in [0.15, 0.2) is 0 Å². The molecule has 0 bridgehead atoms. The standard InChI is InChI=1S/C31H35ClF3N3O4S/c1-6-27(29(40)36-30(3,4)5)37(19-22-14-12-21(2)13-15-22)28(39)20-38(43(41,42)24-10-8-7-9-11-24)23-16-17-26(32)25(18-23)31(33,34)35/h7-18,27H,6,19-20H2,1-5H3,(H,36,40)/t27-/m0/s1. The maximum absolute atomic E-state index is 14.1. The molecule has 0 aliphatic rings. The van der Waals surface area contributed by atoms with Crippen molar-refractivity contribution in [2.24, 2.45) is 0 Å². The van der Waals surface area contributed by atoms with E-state index in [-0.39, 0.29) is 17.9 Å². The summed E-state index contributed by atoms with van der Waals surface area (Å²) >= 11 is 5.81. The largest absolute Gasteiger partial charge is 0.417 e. The first-order chi connectivity index (χ1) is 19.9. The Balaban J connectivity index is 2.14. The first-order valence-corrected chi connectivity index (χ1v) is 15.4. The molecular weight excluding hydrogens is 603 g/mol. The summed E-state index contributed by atoms with van der Waals surface area (Å²) in [5, 5.41) is 2.25. The molecule has 43 heavy (non-hydrogen) atoms. The van der Waals surface area contributed by atoms with E-state index in [1.54, 1.807) is 45.9 Å². The van der Waals surface area contributed by atoms with Crippen LogP contribution >= 0.6 is 11.6 Å². The first kappa shape index (κ1) is 33.9. The highest BCUT2D eigenvalue weighted by Gasteiger charge is 2.37. The Bertz CT molecular complexity index is 1540. The number of carbonyl (C=O) groups is 2. The molecule has 3 aromatic rings. The Hall–Kier alpha value is -3.57. The van der Waals surface area contributed by atoms with Gasteiger partial charge in [0.1, 0.15) is 12.6 Å². The van der Waals surface area contributed by atoms with Crippen molar-refractivity contribution in [2.45, 2.75) is 70.2 Å². The molecule has 1 N–H and O–H groups in total. The molecule has 1 atom stereocenters. The van der Waals surface area contributed by atoms with Gasteiger partial charge in [-0.2, -0.15) is 13.2 Å². The maximum atomic E-state index is 14.1. The number of alkyl halides is 3. The Morgan fingerprint density at radius 3 is 2.09 bits per heavy atom. The average Bonchev–Trinajstić information content (AvgIpc) is 2.91. The number of anilines is 1. The van der Waals surface area contributed by atoms with Crippen LogP contribution in [0.2, 0.25) is 5.02 Å². The third kappa shape index (κ3) is 8.73. The summed E-state index contributed by atoms with van der Waals surface area (Å²) in [6.07, 6.45) is -4.68. The monoisotopic (exact) mass is 637 g/mol. The predicted molar refractivity (Wildman–Crippen MR) is 161 cm³/mol. The number of hydrogen-bond acceptors (Lipinski definition) is 4. The minimum atomic E-state index is -4.88. The van der Waals surface area contributed by atoms with Crippen molar-refractivity contribution in [2.75, 3.05) is 10.8 Å². The van der Waals surface area contributed by atoms with E-state index in [1.165, 1.54) is 29.2 Å². The summed E-state index contributed by atoms with van der Waals surface area (Å²) in [5.74, 6) is -1.22. The van der Waals surface area contributed by atoms with Gasteiger partial charge in [-0.1, -0.05) is 66.6 Å². The van der Waals surface area contributed by atoms with Crippen molar-refractivity contribution >= 4 is 39.1 Å². The van der Waals surface area contributed by atoms with Crippen molar-refractivity contribution in [1.29, 1.82) is 0 Å². The van der Waals surface area contributed by atoms with Gasteiger partial charge in [-0.25, -0.2) is 8.42 Å². The van der Waals surface area contributed by atoms with Gasteiger partial charge in [0.2, 0.25) is 11.8 Å². The van der Waals surface area contributed by atoms with Gasteiger partial charge in [0.05, 0.1) is 21.2 Å². The maximum Gasteiger partial charge on any atom is 0.417 e. The van der Waals surface area contributed by atoms with Gasteiger partial charge in [0.25, 0.3) is 10.0 Å². The van der Waals surface area contributed by atoms with E-state index in [2.05, 4.69) is 5.32 Å². The van der Waals surface area contributed by atoms with E-state index < -0.39 is 62.4 Å². The van der Waals surface area contributed by atoms with Crippen LogP contribution in [0.15, 0.2) is 77.7 Å². The second-order valence-corrected chi connectivity index (χ2v) is 13.4. The third-order valence-corrected chi connectivity index (χ3v) is 8.63. The lowest BCUT2D eigenvalue weighted by Gasteiger charge is -2.35. The normalized spacial score (nSPS) is 12.9. The summed E-state index contributed by atoms with van der Waals surface area (Å²) in [5.41, 5.74) is -0.619. The number of rotatable bonds is 10. The lowest BCUT2D eigenvalue weighted by molar-refractivity contribution is -0.141. The fraction of sp³-hybridized carbons (Fsp3) is 0.355. The molecule has 2 amide bonds. The quantitative estimate of drug-likeness (QED) is 0.272. The zero-order valence-electron chi connectivity index (χ0n) is 24.6. The van der Waals surface area contributed by atoms with Crippen molar-refractivity contribution < 1.29 is 31.2 Å². The summed E-state index contributed by atoms with van der Waals surface area (Å²) < 4.78 is 69.7. The summed E-state index contributed by atoms with van der Waals surface area (Å²) in [6.45, 7) is 8.07. The Morgan fingerprint density at radius 2 is 1.56 bits per heavy atom. The van der Waals surface area contributed by atoms with Gasteiger partial charge in [-0.15, -0.1) is 0 Å². The lowest BCUT2D eigenvalue weighted by atomic mass is 10.1. The van der Waals surface area contributed by atoms with E-state index in [0.717, 1.165) is 17.7 Å². The molecule has 12 heteroatoms. The van der Waals surface area contributed by atoms with Crippen LogP contribution in [0.3, 0.4) is 0 Å². The van der Waals surface area contributed by atoms with Crippen LogP contribution in [-0.2, 0) is 32.3 Å². The highest BCUT2D eigenvalue weighted by molar-refractivity contribution is 7.92. The Kier molecular flexibility index (Phi) is 10.6. The number of halogens is 4. The molecule has 0 heterocycles. The van der Waals surface area contributed by atoms with E-state index in [0.29, 0.717) is 15.9 Å². The molecule has 0 saturated heterocycles. The van der Waals surface area contributed by atoms with Crippen molar-refractivity contribution in [3.63, 3.8) is 0 Å². The number of benzene rings is 3. The molecule has 3 aromatic carbocycles. The van der Waals surface area contributed by atoms with Gasteiger partial charge < -0.3 is 10.2 Å². The molecule has 0 spiro atoms. The second-order valence-electron chi connectivity index (χ2n) is 11.2. The fourth-order valence-corrected chi connectivity index (χ4v) is 6.05. The van der Waals surface area contributed by atoms with Crippen LogP contribution in [0, 0.1) is 6.92 Å². The molecule has 0 aromatic heterocycles. The van der Waals surface area contributed by atoms with Gasteiger partial charge in [-0.05, 0) is 70.0 Å². The molecular formula is C31H35ClF3N3O4S. The van der Waals surface area contributed by atoms with Crippen LogP contribution in [0.1, 0.15) is 50.8 Å². The molecule has 0 unspecified atom stereocenters. The van der Waals surface area contributed by atoms with Gasteiger partial charge in [0, 0.05) is 12.1 Å². The zero-order valence-corrected chi connectivity index (χ0v) is 26.1. The molecule has 0 aliphatic heterocycles. The summed E-state index contributed by atoms with van der Waals surface area (Å²) in [6, 6.07) is 16.0. The van der Waals surface area contributed by atoms with E-state index in [1.807, 2.05) is 19.1 Å². The van der Waals surface area contributed by atoms with Crippen LogP contribution < -0.4 is 9.62 Å². The number of sulfonamides is 1. The first-order valence-electron chi connectivity index (χ1n) is 13.6. The van der Waals surface area contributed by atoms with E-state index in [4.69, 9.17) is 11.6 Å². The lowest BCUT2D eigenvalue weighted by Crippen LogP contribution is -2.55. The van der Waals surface area contributed by atoms with Crippen LogP contribution in [0.4, 0.5) is 18.9 Å². The summed E-state index contributed by atoms with van der Waals surface area (Å²) in [7, 11) is -4.54. The number of nitrogens with zero attached hydrogens (tertiary/aromatic N) is 2. The van der Waals surface area contributed by atoms with Gasteiger partial charge in [-0.3, -0.25) is 13.9 Å². The fourth-order valence-electron chi connectivity index (χ4n) is 4.40. The third-order valence-electron chi connectivity index (χ3n) is 6.51. The molecule has 0 fully saturated rings. The number of aryl methyl sites for hydroxylation is 1. The predicted octanol–water partition coefficient (Wildman–Crippen LogP) is 6.58. The smallest absolute Gasteiger partial charge is 0.350 e. The number of hydrogen-bond donors (Lipinski definition) is 1. The summed E-state index contributed by atoms with van der Waals surface area (Å²) in [4.78, 5) is 28.5. The Labute approximate surface area is 255 Å². The molecule has 0 radical (unpaired) electrons. The molecule has 232 valence electrons. The van der Waals surface area contributed by atoms with Crippen LogP contribution in [-0.4, -0.2) is 43.3 Å². The second kappa shape index (κ2) is 13.4. The topological polar surface area (TPSA) is 86.8 Å². The van der Waals surface area contributed by atoms with Crippen LogP contribution in [0.5, 0.6) is 0 Å². The number of amides is 2. The molecule has 0 aliphatic carbocycles. The van der Waals surface area contributed by atoms with Crippen LogP contribution in [0.25, 0.3) is 0 Å². The zero-order chi connectivity index (χ0) is 32.2. The minimum Gasteiger partial charge on any atom is -0.350 e. The average molecular weight is 638 g/mol. The number of carbonyl (C=O) groups excluding carboxylic acids is 2. The highest BCUT2D eigenvalue weighted by Crippen LogP contribution is 2.38.